The molecule has 0 radical (unpaired) electrons. The normalized spacial score (nSPS) is 14.1. The van der Waals surface area contributed by atoms with Gasteiger partial charge in [0.1, 0.15) is 0 Å². The molecule has 126 valence electrons. The second kappa shape index (κ2) is 7.87. The molecule has 0 aliphatic carbocycles. The number of hydrogen-bond donors (Lipinski definition) is 0. The van der Waals surface area contributed by atoms with E-state index in [4.69, 9.17) is 4.74 Å². The summed E-state index contributed by atoms with van der Waals surface area (Å²) in [5, 5.41) is 0. The summed E-state index contributed by atoms with van der Waals surface area (Å²) < 4.78 is 7.84. The summed E-state index contributed by atoms with van der Waals surface area (Å²) in [6, 6.07) is 0. The first-order valence-corrected chi connectivity index (χ1v) is 9.86. The first-order valence-electron chi connectivity index (χ1n) is 8.39. The van der Waals surface area contributed by atoms with Crippen molar-refractivity contribution >= 4 is 3.90 Å². The first kappa shape index (κ1) is 21.5. The van der Waals surface area contributed by atoms with Gasteiger partial charge in [0.05, 0.1) is 0 Å². The van der Waals surface area contributed by atoms with Gasteiger partial charge in [0, 0.05) is 0 Å². The van der Waals surface area contributed by atoms with Crippen LogP contribution in [0, 0.1) is 22.7 Å². The Kier molecular flexibility index (Phi) is 8.06. The van der Waals surface area contributed by atoms with E-state index in [0.29, 0.717) is 22.7 Å². The van der Waals surface area contributed by atoms with E-state index in [1.807, 2.05) is 0 Å². The fraction of sp³-hybridized carbons (Fsp3) is 0.947. The van der Waals surface area contributed by atoms with E-state index in [-0.39, 0.29) is 5.60 Å². The molecule has 0 bridgehead atoms. The molecule has 0 heterocycles. The van der Waals surface area contributed by atoms with Gasteiger partial charge < -0.3 is 0 Å². The van der Waals surface area contributed by atoms with Crippen LogP contribution in [0.3, 0.4) is 0 Å². The van der Waals surface area contributed by atoms with Gasteiger partial charge in [-0.05, 0) is 0 Å². The summed E-state index contributed by atoms with van der Waals surface area (Å²) in [5.74, 6) is 1.26. The molecular weight excluding hydrogens is 428 g/mol. The summed E-state index contributed by atoms with van der Waals surface area (Å²) in [6.45, 7) is 24.0. The average molecular weight is 466 g/mol. The maximum absolute atomic E-state index is 6.14. The zero-order valence-electron chi connectivity index (χ0n) is 16.1. The zero-order chi connectivity index (χ0) is 17.1. The molecule has 1 nitrogen and oxygen atoms in total. The topological polar surface area (TPSA) is 9.23 Å². The molecule has 21 heavy (non-hydrogen) atoms. The van der Waals surface area contributed by atoms with Crippen molar-refractivity contribution in [2.24, 2.45) is 22.7 Å². The predicted octanol–water partition coefficient (Wildman–Crippen LogP) is 5.65. The molecule has 0 aromatic carbocycles. The van der Waals surface area contributed by atoms with E-state index in [9.17, 15) is 0 Å². The molecule has 0 N–H and O–H groups in total. The molecule has 0 aromatic heterocycles. The van der Waals surface area contributed by atoms with Crippen LogP contribution in [0.2, 0.25) is 0 Å². The van der Waals surface area contributed by atoms with Gasteiger partial charge in [-0.3, -0.25) is 0 Å². The molecule has 2 heteroatoms. The Bertz CT molecular complexity index is 337. The van der Waals surface area contributed by atoms with Gasteiger partial charge in [-0.15, -0.1) is 0 Å². The van der Waals surface area contributed by atoms with E-state index in [1.54, 1.807) is 23.3 Å². The molecular formula is C19H38OW. The van der Waals surface area contributed by atoms with E-state index in [1.165, 1.54) is 6.42 Å². The summed E-state index contributed by atoms with van der Waals surface area (Å²) in [5.41, 5.74) is 0.665. The fourth-order valence-electron chi connectivity index (χ4n) is 1.83. The standard InChI is InChI=1S/C19H38O.W/c1-15(2)18(7,8)12-11-17(5,6)13-14-20-19(9,10)16(3)4;/h15-16H,11,13-14H2,1-10H3;. The van der Waals surface area contributed by atoms with Gasteiger partial charge >= 0.3 is 145 Å². The molecule has 0 saturated carbocycles. The van der Waals surface area contributed by atoms with Crippen LogP contribution in [0.4, 0.5) is 0 Å². The van der Waals surface area contributed by atoms with Crippen LogP contribution < -0.4 is 0 Å². The number of ether oxygens (including phenoxy) is 1. The quantitative estimate of drug-likeness (QED) is 0.427. The van der Waals surface area contributed by atoms with Gasteiger partial charge in [0.15, 0.2) is 0 Å². The van der Waals surface area contributed by atoms with E-state index in [2.05, 4.69) is 69.2 Å². The minimum absolute atomic E-state index is 0.0166. The molecule has 0 amide bonds. The van der Waals surface area contributed by atoms with Crippen LogP contribution in [0.1, 0.15) is 82.1 Å². The van der Waals surface area contributed by atoms with Crippen molar-refractivity contribution in [3.05, 3.63) is 0 Å². The second-order valence-electron chi connectivity index (χ2n) is 9.00. The van der Waals surface area contributed by atoms with E-state index in [0.717, 1.165) is 13.0 Å². The second-order valence-corrected chi connectivity index (χ2v) is 10.8. The third kappa shape index (κ3) is 7.08. The van der Waals surface area contributed by atoms with E-state index < -0.39 is 0 Å². The van der Waals surface area contributed by atoms with Crippen molar-refractivity contribution < 1.29 is 24.1 Å². The van der Waals surface area contributed by atoms with Gasteiger partial charge in [-0.1, -0.05) is 0 Å². The third-order valence-electron chi connectivity index (χ3n) is 5.44. The van der Waals surface area contributed by atoms with Crippen molar-refractivity contribution in [2.75, 3.05) is 6.61 Å². The van der Waals surface area contributed by atoms with Crippen LogP contribution in [0.25, 0.3) is 0 Å². The first-order chi connectivity index (χ1) is 9.22. The van der Waals surface area contributed by atoms with Gasteiger partial charge in [0.25, 0.3) is 0 Å². The Morgan fingerprint density at radius 3 is 1.76 bits per heavy atom. The SMILES string of the molecule is CC(C)C(C)(C)OCCC(C)(C)C[C](=[W])C(C)(C)C(C)C. The zero-order valence-corrected chi connectivity index (χ0v) is 19.0. The molecule has 0 spiro atoms. The Morgan fingerprint density at radius 1 is 0.905 bits per heavy atom. The van der Waals surface area contributed by atoms with Gasteiger partial charge in [-0.25, -0.2) is 0 Å². The molecule has 0 unspecified atom stereocenters. The average Bonchev–Trinajstić information content (AvgIpc) is 2.26. The van der Waals surface area contributed by atoms with Crippen LogP contribution in [0.15, 0.2) is 0 Å². The van der Waals surface area contributed by atoms with Crippen LogP contribution in [-0.2, 0) is 24.1 Å². The van der Waals surface area contributed by atoms with Crippen LogP contribution in [0.5, 0.6) is 0 Å². The fourth-order valence-corrected chi connectivity index (χ4v) is 4.08. The summed E-state index contributed by atoms with van der Waals surface area (Å²) >= 11 is 1.65. The minimum atomic E-state index is -0.0166. The van der Waals surface area contributed by atoms with Crippen LogP contribution >= 0.6 is 0 Å². The summed E-state index contributed by atoms with van der Waals surface area (Å²) in [6.07, 6.45) is 2.35. The molecule has 0 aliphatic heterocycles. The molecule has 0 atom stereocenters. The number of rotatable bonds is 9. The van der Waals surface area contributed by atoms with Gasteiger partial charge in [0.2, 0.25) is 0 Å². The molecule has 0 aliphatic rings. The summed E-state index contributed by atoms with van der Waals surface area (Å²) in [7, 11) is 0. The molecule has 0 aromatic rings. The molecule has 0 fully saturated rings. The van der Waals surface area contributed by atoms with E-state index >= 15 is 0 Å². The van der Waals surface area contributed by atoms with Crippen molar-refractivity contribution in [1.29, 1.82) is 0 Å². The molecule has 0 rings (SSSR count). The van der Waals surface area contributed by atoms with Crippen LogP contribution in [-0.4, -0.2) is 16.1 Å². The maximum atomic E-state index is 6.14. The van der Waals surface area contributed by atoms with Crippen molar-refractivity contribution in [2.45, 2.75) is 87.7 Å². The summed E-state index contributed by atoms with van der Waals surface area (Å²) in [4.78, 5) is 0. The Hall–Kier alpha value is 0.518. The van der Waals surface area contributed by atoms with Crippen molar-refractivity contribution in [1.82, 2.24) is 0 Å². The third-order valence-corrected chi connectivity index (χ3v) is 7.85. The van der Waals surface area contributed by atoms with Gasteiger partial charge in [-0.2, -0.15) is 0 Å². The molecule has 0 saturated heterocycles. The Labute approximate surface area is 145 Å². The monoisotopic (exact) mass is 466 g/mol. The van der Waals surface area contributed by atoms with Crippen molar-refractivity contribution in [3.63, 3.8) is 0 Å². The Morgan fingerprint density at radius 2 is 1.38 bits per heavy atom. The number of hydrogen-bond acceptors (Lipinski definition) is 1. The van der Waals surface area contributed by atoms with Crippen molar-refractivity contribution in [3.8, 4) is 0 Å². The Balaban J connectivity index is 4.49. The predicted molar refractivity (Wildman–Crippen MR) is 91.5 cm³/mol.